The molecule has 9 heteroatoms. The largest absolute Gasteiger partial charge is 0.495 e. The van der Waals surface area contributed by atoms with Gasteiger partial charge in [0, 0.05) is 30.2 Å². The van der Waals surface area contributed by atoms with Crippen LogP contribution in [0.5, 0.6) is 5.75 Å². The number of anilines is 1. The number of carbonyl (C=O) groups excluding carboxylic acids is 1. The summed E-state index contributed by atoms with van der Waals surface area (Å²) in [5, 5.41) is 14.1. The molecule has 0 aliphatic heterocycles. The molecule has 0 unspecified atom stereocenters. The molecule has 0 fully saturated rings. The van der Waals surface area contributed by atoms with Gasteiger partial charge < -0.3 is 10.1 Å². The maximum atomic E-state index is 12.2. The van der Waals surface area contributed by atoms with Crippen molar-refractivity contribution in [1.29, 1.82) is 0 Å². The molecule has 0 aliphatic rings. The van der Waals surface area contributed by atoms with E-state index in [9.17, 15) is 14.9 Å². The highest BCUT2D eigenvalue weighted by molar-refractivity contribution is 7.99. The number of nitro groups is 1. The minimum Gasteiger partial charge on any atom is -0.495 e. The predicted octanol–water partition coefficient (Wildman–Crippen LogP) is 3.52. The first-order valence-corrected chi connectivity index (χ1v) is 8.91. The molecular formula is C18H16N4O4S. The topological polar surface area (TPSA) is 99.3 Å². The second-order valence-corrected chi connectivity index (χ2v) is 6.34. The van der Waals surface area contributed by atoms with Crippen molar-refractivity contribution in [2.24, 2.45) is 0 Å². The zero-order valence-corrected chi connectivity index (χ0v) is 15.2. The summed E-state index contributed by atoms with van der Waals surface area (Å²) in [6.45, 7) is 0. The normalized spacial score (nSPS) is 10.4. The van der Waals surface area contributed by atoms with Gasteiger partial charge in [-0.15, -0.1) is 0 Å². The van der Waals surface area contributed by atoms with Crippen LogP contribution in [0.15, 0.2) is 66.1 Å². The van der Waals surface area contributed by atoms with Crippen molar-refractivity contribution < 1.29 is 14.5 Å². The van der Waals surface area contributed by atoms with Crippen LogP contribution >= 0.6 is 11.8 Å². The maximum absolute atomic E-state index is 12.2. The first-order chi connectivity index (χ1) is 13.1. The highest BCUT2D eigenvalue weighted by atomic mass is 32.2. The number of nitrogens with one attached hydrogen (secondary N) is 1. The van der Waals surface area contributed by atoms with Crippen LogP contribution in [-0.2, 0) is 4.79 Å². The first-order valence-electron chi connectivity index (χ1n) is 7.92. The van der Waals surface area contributed by atoms with Crippen LogP contribution in [0.4, 0.5) is 11.4 Å². The lowest BCUT2D eigenvalue weighted by atomic mass is 10.3. The summed E-state index contributed by atoms with van der Waals surface area (Å²) in [4.78, 5) is 26.8. The van der Waals surface area contributed by atoms with Gasteiger partial charge in [-0.1, -0.05) is 30.0 Å². The molecule has 1 N–H and O–H groups in total. The molecule has 2 aromatic carbocycles. The van der Waals surface area contributed by atoms with Gasteiger partial charge >= 0.3 is 0 Å². The van der Waals surface area contributed by atoms with Gasteiger partial charge in [0.05, 0.1) is 23.5 Å². The van der Waals surface area contributed by atoms with E-state index in [1.165, 1.54) is 30.0 Å². The fourth-order valence-corrected chi connectivity index (χ4v) is 3.20. The number of rotatable bonds is 7. The first kappa shape index (κ1) is 18.5. The van der Waals surface area contributed by atoms with E-state index in [4.69, 9.17) is 4.74 Å². The Kier molecular flexibility index (Phi) is 5.72. The van der Waals surface area contributed by atoms with Crippen LogP contribution in [0.1, 0.15) is 0 Å². The van der Waals surface area contributed by atoms with Crippen molar-refractivity contribution in [3.63, 3.8) is 0 Å². The smallest absolute Gasteiger partial charge is 0.271 e. The van der Waals surface area contributed by atoms with E-state index in [0.29, 0.717) is 16.6 Å². The van der Waals surface area contributed by atoms with E-state index < -0.39 is 4.92 Å². The molecule has 1 amide bonds. The Labute approximate surface area is 159 Å². The highest BCUT2D eigenvalue weighted by Crippen LogP contribution is 2.27. The summed E-state index contributed by atoms with van der Waals surface area (Å²) in [7, 11) is 1.59. The SMILES string of the molecule is COc1ccccc1-n1ccnc1SCC(=O)Nc1cccc([N+](=O)[O-])c1. The van der Waals surface area contributed by atoms with Gasteiger partial charge in [-0.25, -0.2) is 4.98 Å². The van der Waals surface area contributed by atoms with E-state index in [2.05, 4.69) is 10.3 Å². The van der Waals surface area contributed by atoms with Gasteiger partial charge in [0.1, 0.15) is 5.75 Å². The Hall–Kier alpha value is -3.33. The number of thioether (sulfide) groups is 1. The van der Waals surface area contributed by atoms with Crippen LogP contribution in [0.25, 0.3) is 5.69 Å². The van der Waals surface area contributed by atoms with E-state index in [-0.39, 0.29) is 17.3 Å². The zero-order chi connectivity index (χ0) is 19.2. The van der Waals surface area contributed by atoms with E-state index in [1.807, 2.05) is 28.8 Å². The van der Waals surface area contributed by atoms with Gasteiger partial charge in [-0.05, 0) is 18.2 Å². The van der Waals surface area contributed by atoms with Crippen molar-refractivity contribution in [1.82, 2.24) is 9.55 Å². The number of non-ortho nitro benzene ring substituents is 1. The fraction of sp³-hybridized carbons (Fsp3) is 0.111. The van der Waals surface area contributed by atoms with Crippen molar-refractivity contribution in [2.45, 2.75) is 5.16 Å². The van der Waals surface area contributed by atoms with Gasteiger partial charge in [0.25, 0.3) is 5.69 Å². The second kappa shape index (κ2) is 8.37. The lowest BCUT2D eigenvalue weighted by molar-refractivity contribution is -0.384. The molecule has 0 saturated carbocycles. The van der Waals surface area contributed by atoms with E-state index >= 15 is 0 Å². The Balaban J connectivity index is 1.68. The quantitative estimate of drug-likeness (QED) is 0.380. The van der Waals surface area contributed by atoms with Crippen LogP contribution < -0.4 is 10.1 Å². The molecule has 27 heavy (non-hydrogen) atoms. The van der Waals surface area contributed by atoms with Gasteiger partial charge in [-0.3, -0.25) is 19.5 Å². The average molecular weight is 384 g/mol. The monoisotopic (exact) mass is 384 g/mol. The van der Waals surface area contributed by atoms with Gasteiger partial charge in [0.15, 0.2) is 5.16 Å². The third kappa shape index (κ3) is 4.45. The number of methoxy groups -OCH3 is 1. The van der Waals surface area contributed by atoms with Crippen molar-refractivity contribution in [3.8, 4) is 11.4 Å². The molecule has 0 atom stereocenters. The number of amides is 1. The van der Waals surface area contributed by atoms with Crippen LogP contribution in [0.2, 0.25) is 0 Å². The number of hydrogen-bond acceptors (Lipinski definition) is 6. The zero-order valence-electron chi connectivity index (χ0n) is 14.4. The molecule has 0 bridgehead atoms. The van der Waals surface area contributed by atoms with E-state index in [0.717, 1.165) is 5.69 Å². The highest BCUT2D eigenvalue weighted by Gasteiger charge is 2.13. The summed E-state index contributed by atoms with van der Waals surface area (Å²) >= 11 is 1.26. The molecule has 0 spiro atoms. The Morgan fingerprint density at radius 2 is 2.11 bits per heavy atom. The Morgan fingerprint density at radius 3 is 2.89 bits per heavy atom. The molecule has 138 valence electrons. The van der Waals surface area contributed by atoms with Gasteiger partial charge in [-0.2, -0.15) is 0 Å². The lowest BCUT2D eigenvalue weighted by Crippen LogP contribution is -2.14. The number of para-hydroxylation sites is 2. The fourth-order valence-electron chi connectivity index (χ4n) is 2.43. The second-order valence-electron chi connectivity index (χ2n) is 5.40. The predicted molar refractivity (Wildman–Crippen MR) is 103 cm³/mol. The van der Waals surface area contributed by atoms with Crippen molar-refractivity contribution in [2.75, 3.05) is 18.2 Å². The number of hydrogen-bond donors (Lipinski definition) is 1. The maximum Gasteiger partial charge on any atom is 0.271 e. The molecule has 3 aromatic rings. The molecule has 0 aliphatic carbocycles. The molecule has 3 rings (SSSR count). The van der Waals surface area contributed by atoms with Crippen molar-refractivity contribution in [3.05, 3.63) is 71.0 Å². The minimum absolute atomic E-state index is 0.0767. The molecule has 1 heterocycles. The summed E-state index contributed by atoms with van der Waals surface area (Å²) < 4.78 is 7.20. The van der Waals surface area contributed by atoms with Crippen LogP contribution in [0, 0.1) is 10.1 Å². The molecule has 0 saturated heterocycles. The van der Waals surface area contributed by atoms with Crippen LogP contribution in [-0.4, -0.2) is 33.2 Å². The average Bonchev–Trinajstić information content (AvgIpc) is 3.15. The summed E-state index contributed by atoms with van der Waals surface area (Å²) in [5.74, 6) is 0.517. The third-order valence-corrected chi connectivity index (χ3v) is 4.59. The number of nitrogens with zero attached hydrogens (tertiary/aromatic N) is 3. The molecule has 0 radical (unpaired) electrons. The molecule has 1 aromatic heterocycles. The summed E-state index contributed by atoms with van der Waals surface area (Å²) in [6, 6.07) is 13.3. The molecular weight excluding hydrogens is 368 g/mol. The Morgan fingerprint density at radius 1 is 1.30 bits per heavy atom. The number of carbonyl (C=O) groups is 1. The number of imidazole rings is 1. The third-order valence-electron chi connectivity index (χ3n) is 3.62. The summed E-state index contributed by atoms with van der Waals surface area (Å²) in [5.41, 5.74) is 1.12. The number of benzene rings is 2. The number of aromatic nitrogens is 2. The summed E-state index contributed by atoms with van der Waals surface area (Å²) in [6.07, 6.45) is 3.44. The lowest BCUT2D eigenvalue weighted by Gasteiger charge is -2.11. The number of nitro benzene ring substituents is 1. The van der Waals surface area contributed by atoms with Crippen molar-refractivity contribution >= 4 is 29.0 Å². The standard InChI is InChI=1S/C18H16N4O4S/c1-26-16-8-3-2-7-15(16)21-10-9-19-18(21)27-12-17(23)20-13-5-4-6-14(11-13)22(24)25/h2-11H,12H2,1H3,(H,20,23). The minimum atomic E-state index is -0.505. The Bertz CT molecular complexity index is 973. The van der Waals surface area contributed by atoms with E-state index in [1.54, 1.807) is 25.6 Å². The van der Waals surface area contributed by atoms with Crippen LogP contribution in [0.3, 0.4) is 0 Å². The number of ether oxygens (including phenoxy) is 1. The van der Waals surface area contributed by atoms with Gasteiger partial charge in [0.2, 0.25) is 5.91 Å². The molecule has 8 nitrogen and oxygen atoms in total.